The molecule has 0 aliphatic carbocycles. The second-order valence-electron chi connectivity index (χ2n) is 4.06. The van der Waals surface area contributed by atoms with Crippen LogP contribution in [0.3, 0.4) is 0 Å². The molecule has 0 atom stereocenters. The fourth-order valence-electron chi connectivity index (χ4n) is 0.922. The summed E-state index contributed by atoms with van der Waals surface area (Å²) in [5, 5.41) is 17.4. The first-order valence-corrected chi connectivity index (χ1v) is 6.15. The third kappa shape index (κ3) is 3.84. The minimum Gasteiger partial charge on any atom is -0.475 e. The van der Waals surface area contributed by atoms with Gasteiger partial charge in [-0.3, -0.25) is 0 Å². The zero-order valence-corrected chi connectivity index (χ0v) is 10.1. The molecule has 0 amide bonds. The molecule has 0 unspecified atom stereocenters. The third-order valence-electron chi connectivity index (χ3n) is 1.75. The van der Waals surface area contributed by atoms with Gasteiger partial charge < -0.3 is 14.6 Å². The zero-order valence-electron chi connectivity index (χ0n) is 9.30. The monoisotopic (exact) mass is 263 g/mol. The quantitative estimate of drug-likeness (QED) is 0.689. The predicted octanol–water partition coefficient (Wildman–Crippen LogP) is 0.0270. The Morgan fingerprint density at radius 1 is 1.47 bits per heavy atom. The van der Waals surface area contributed by atoms with E-state index < -0.39 is 32.4 Å². The maximum Gasteiger partial charge on any atom is 0.371 e. The van der Waals surface area contributed by atoms with Crippen molar-refractivity contribution in [2.75, 3.05) is 6.54 Å². The highest BCUT2D eigenvalue weighted by Gasteiger charge is 2.23. The maximum atomic E-state index is 11.6. The van der Waals surface area contributed by atoms with Crippen LogP contribution in [-0.4, -0.2) is 36.7 Å². The molecule has 1 rings (SSSR count). The van der Waals surface area contributed by atoms with Crippen molar-refractivity contribution in [3.05, 3.63) is 17.9 Å². The van der Waals surface area contributed by atoms with E-state index >= 15 is 0 Å². The summed E-state index contributed by atoms with van der Waals surface area (Å²) in [5.74, 6) is -1.82. The van der Waals surface area contributed by atoms with E-state index in [9.17, 15) is 18.3 Å². The molecule has 0 aliphatic heterocycles. The van der Waals surface area contributed by atoms with Gasteiger partial charge in [-0.05, 0) is 26.0 Å². The van der Waals surface area contributed by atoms with Crippen LogP contribution in [0.4, 0.5) is 0 Å². The first-order valence-electron chi connectivity index (χ1n) is 4.67. The molecule has 0 saturated carbocycles. The van der Waals surface area contributed by atoms with Gasteiger partial charge in [0.1, 0.15) is 0 Å². The number of hydrogen-bond acceptors (Lipinski definition) is 5. The lowest BCUT2D eigenvalue weighted by Gasteiger charge is -2.16. The van der Waals surface area contributed by atoms with E-state index in [1.807, 2.05) is 0 Å². The highest BCUT2D eigenvalue weighted by Crippen LogP contribution is 2.14. The molecular formula is C9H13NO6S. The van der Waals surface area contributed by atoms with Crippen LogP contribution in [0, 0.1) is 0 Å². The van der Waals surface area contributed by atoms with E-state index in [0.29, 0.717) is 0 Å². The van der Waals surface area contributed by atoms with Crippen LogP contribution < -0.4 is 4.72 Å². The fraction of sp³-hybridized carbons (Fsp3) is 0.444. The fourth-order valence-corrected chi connectivity index (χ4v) is 2.05. The molecule has 8 heteroatoms. The van der Waals surface area contributed by atoms with Crippen molar-refractivity contribution in [1.29, 1.82) is 0 Å². The number of aromatic carboxylic acids is 1. The molecule has 17 heavy (non-hydrogen) atoms. The summed E-state index contributed by atoms with van der Waals surface area (Å²) in [5.41, 5.74) is -1.21. The first kappa shape index (κ1) is 13.7. The molecule has 7 nitrogen and oxygen atoms in total. The summed E-state index contributed by atoms with van der Waals surface area (Å²) >= 11 is 0. The molecule has 0 radical (unpaired) electrons. The van der Waals surface area contributed by atoms with Gasteiger partial charge in [-0.2, -0.15) is 0 Å². The highest BCUT2D eigenvalue weighted by molar-refractivity contribution is 7.89. The number of aliphatic hydroxyl groups is 1. The van der Waals surface area contributed by atoms with Crippen molar-refractivity contribution in [2.45, 2.75) is 24.5 Å². The minimum atomic E-state index is -3.95. The predicted molar refractivity (Wildman–Crippen MR) is 57.2 cm³/mol. The van der Waals surface area contributed by atoms with Gasteiger partial charge in [-0.25, -0.2) is 17.9 Å². The molecule has 0 fully saturated rings. The van der Waals surface area contributed by atoms with Crippen LogP contribution in [0.1, 0.15) is 24.4 Å². The van der Waals surface area contributed by atoms with Gasteiger partial charge in [0.05, 0.1) is 5.60 Å². The van der Waals surface area contributed by atoms with Crippen molar-refractivity contribution in [3.63, 3.8) is 0 Å². The number of rotatable bonds is 5. The van der Waals surface area contributed by atoms with Crippen LogP contribution in [0.2, 0.25) is 0 Å². The van der Waals surface area contributed by atoms with Crippen LogP contribution in [0.15, 0.2) is 21.6 Å². The number of hydrogen-bond donors (Lipinski definition) is 3. The van der Waals surface area contributed by atoms with E-state index in [2.05, 4.69) is 9.14 Å². The smallest absolute Gasteiger partial charge is 0.371 e. The molecule has 3 N–H and O–H groups in total. The minimum absolute atomic E-state index is 0.210. The number of furan rings is 1. The topological polar surface area (TPSA) is 117 Å². The standard InChI is InChI=1S/C9H13NO6S/c1-9(2,13)5-10-17(14,15)7-4-3-6(16-7)8(11)12/h3-4,10,13H,5H2,1-2H3,(H,11,12). The summed E-state index contributed by atoms with van der Waals surface area (Å²) in [6.07, 6.45) is 0. The average Bonchev–Trinajstić information content (AvgIpc) is 2.63. The molecule has 0 saturated heterocycles. The van der Waals surface area contributed by atoms with E-state index in [4.69, 9.17) is 5.11 Å². The lowest BCUT2D eigenvalue weighted by atomic mass is 10.1. The van der Waals surface area contributed by atoms with Gasteiger partial charge in [0, 0.05) is 6.54 Å². The molecule has 96 valence electrons. The Balaban J connectivity index is 2.86. The Morgan fingerprint density at radius 2 is 2.06 bits per heavy atom. The average molecular weight is 263 g/mol. The molecule has 0 aliphatic rings. The number of carboxylic acid groups (broad SMARTS) is 1. The van der Waals surface area contributed by atoms with Gasteiger partial charge in [0.15, 0.2) is 0 Å². The van der Waals surface area contributed by atoms with Gasteiger partial charge in [-0.1, -0.05) is 0 Å². The highest BCUT2D eigenvalue weighted by atomic mass is 32.2. The van der Waals surface area contributed by atoms with Crippen molar-refractivity contribution < 1.29 is 27.8 Å². The second kappa shape index (κ2) is 4.47. The third-order valence-corrected chi connectivity index (χ3v) is 3.03. The normalized spacial score (nSPS) is 12.6. The Labute approximate surface area is 98.1 Å². The van der Waals surface area contributed by atoms with E-state index in [0.717, 1.165) is 12.1 Å². The SMILES string of the molecule is CC(C)(O)CNS(=O)(=O)c1ccc(C(=O)O)o1. The van der Waals surface area contributed by atoms with E-state index in [-0.39, 0.29) is 6.54 Å². The van der Waals surface area contributed by atoms with Gasteiger partial charge >= 0.3 is 5.97 Å². The summed E-state index contributed by atoms with van der Waals surface area (Å²) in [6.45, 7) is 2.65. The maximum absolute atomic E-state index is 11.6. The number of carbonyl (C=O) groups is 1. The van der Waals surface area contributed by atoms with Crippen LogP contribution in [0.25, 0.3) is 0 Å². The first-order chi connectivity index (χ1) is 7.62. The number of carboxylic acids is 1. The van der Waals surface area contributed by atoms with Gasteiger partial charge in [-0.15, -0.1) is 0 Å². The number of nitrogens with one attached hydrogen (secondary N) is 1. The van der Waals surface area contributed by atoms with Crippen molar-refractivity contribution in [2.24, 2.45) is 0 Å². The second-order valence-corrected chi connectivity index (χ2v) is 5.76. The summed E-state index contributed by atoms with van der Waals surface area (Å²) in [7, 11) is -3.95. The number of sulfonamides is 1. The molecule has 0 spiro atoms. The van der Waals surface area contributed by atoms with Crippen LogP contribution in [-0.2, 0) is 10.0 Å². The lowest BCUT2D eigenvalue weighted by molar-refractivity contribution is 0.0655. The molecule has 1 aromatic rings. The summed E-state index contributed by atoms with van der Waals surface area (Å²) in [4.78, 5) is 10.5. The largest absolute Gasteiger partial charge is 0.475 e. The van der Waals surface area contributed by atoms with Crippen molar-refractivity contribution >= 4 is 16.0 Å². The van der Waals surface area contributed by atoms with Crippen molar-refractivity contribution in [1.82, 2.24) is 4.72 Å². The van der Waals surface area contributed by atoms with Crippen LogP contribution in [0.5, 0.6) is 0 Å². The summed E-state index contributed by atoms with van der Waals surface area (Å²) in [6, 6.07) is 2.08. The molecular weight excluding hydrogens is 250 g/mol. The van der Waals surface area contributed by atoms with Crippen molar-refractivity contribution in [3.8, 4) is 0 Å². The molecule has 1 aromatic heterocycles. The van der Waals surface area contributed by atoms with Gasteiger partial charge in [0.25, 0.3) is 10.0 Å². The Bertz CT molecular complexity index is 510. The Hall–Kier alpha value is -1.38. The summed E-state index contributed by atoms with van der Waals surface area (Å²) < 4.78 is 30.0. The Morgan fingerprint density at radius 3 is 2.47 bits per heavy atom. The van der Waals surface area contributed by atoms with Gasteiger partial charge in [0.2, 0.25) is 10.9 Å². The van der Waals surface area contributed by atoms with E-state index in [1.165, 1.54) is 13.8 Å². The van der Waals surface area contributed by atoms with Crippen LogP contribution >= 0.6 is 0 Å². The molecule has 0 bridgehead atoms. The zero-order chi connectivity index (χ0) is 13.3. The molecule has 1 heterocycles. The van der Waals surface area contributed by atoms with E-state index in [1.54, 1.807) is 0 Å². The Kier molecular flexibility index (Phi) is 3.60. The lowest BCUT2D eigenvalue weighted by Crippen LogP contribution is -2.38. The molecule has 0 aromatic carbocycles.